The van der Waals surface area contributed by atoms with Crippen molar-refractivity contribution < 1.29 is 20.1 Å². The number of carboxylic acid groups (broad SMARTS) is 1. The molecule has 0 radical (unpaired) electrons. The summed E-state index contributed by atoms with van der Waals surface area (Å²) in [5.41, 5.74) is 5.38. The Morgan fingerprint density at radius 2 is 2.07 bits per heavy atom. The van der Waals surface area contributed by atoms with Gasteiger partial charge in [0.1, 0.15) is 11.5 Å². The van der Waals surface area contributed by atoms with Crippen LogP contribution in [0.2, 0.25) is 0 Å². The number of carboxylic acids is 1. The molecule has 0 aliphatic rings. The number of hydrogen-bond donors (Lipinski definition) is 4. The van der Waals surface area contributed by atoms with E-state index >= 15 is 0 Å². The fourth-order valence-corrected chi connectivity index (χ4v) is 1.18. The molecule has 1 rings (SSSR count). The van der Waals surface area contributed by atoms with Gasteiger partial charge in [-0.3, -0.25) is 4.79 Å². The average Bonchev–Trinajstić information content (AvgIpc) is 2.11. The minimum atomic E-state index is -1.13. The fourth-order valence-electron chi connectivity index (χ4n) is 1.18. The molecule has 0 saturated carbocycles. The Balaban J connectivity index is 3.15. The highest BCUT2D eigenvalue weighted by molar-refractivity contribution is 5.77. The van der Waals surface area contributed by atoms with Crippen molar-refractivity contribution >= 4 is 5.97 Å². The van der Waals surface area contributed by atoms with Crippen molar-refractivity contribution in [3.8, 4) is 11.5 Å². The third kappa shape index (κ3) is 1.94. The lowest BCUT2D eigenvalue weighted by molar-refractivity contribution is -0.138. The zero-order chi connectivity index (χ0) is 10.7. The normalized spacial score (nSPS) is 12.4. The van der Waals surface area contributed by atoms with Crippen LogP contribution >= 0.6 is 0 Å². The van der Waals surface area contributed by atoms with Gasteiger partial charge in [0, 0.05) is 12.1 Å². The smallest absolute Gasteiger partial charge is 0.312 e. The molecule has 1 unspecified atom stereocenters. The van der Waals surface area contributed by atoms with E-state index in [0.717, 1.165) is 0 Å². The van der Waals surface area contributed by atoms with Crippen LogP contribution in [0.1, 0.15) is 11.5 Å². The van der Waals surface area contributed by atoms with E-state index < -0.39 is 11.9 Å². The number of carbonyl (C=O) groups is 1. The molecule has 1 atom stereocenters. The molecular formula is C9H11NO4. The van der Waals surface area contributed by atoms with E-state index in [9.17, 15) is 9.90 Å². The van der Waals surface area contributed by atoms with Crippen molar-refractivity contribution in [1.82, 2.24) is 0 Å². The minimum Gasteiger partial charge on any atom is -0.508 e. The number of hydrogen-bond acceptors (Lipinski definition) is 4. The van der Waals surface area contributed by atoms with Crippen molar-refractivity contribution in [3.05, 3.63) is 23.8 Å². The van der Waals surface area contributed by atoms with E-state index in [-0.39, 0.29) is 23.6 Å². The molecule has 0 aliphatic carbocycles. The molecule has 1 aromatic carbocycles. The Kier molecular flexibility index (Phi) is 2.93. The summed E-state index contributed by atoms with van der Waals surface area (Å²) in [5.74, 6) is -2.41. The number of phenols is 2. The number of benzene rings is 1. The molecule has 0 aromatic heterocycles. The molecule has 0 saturated heterocycles. The largest absolute Gasteiger partial charge is 0.508 e. The highest BCUT2D eigenvalue weighted by atomic mass is 16.4. The van der Waals surface area contributed by atoms with Crippen molar-refractivity contribution in [2.45, 2.75) is 5.92 Å². The fraction of sp³-hybridized carbons (Fsp3) is 0.222. The Hall–Kier alpha value is -1.75. The summed E-state index contributed by atoms with van der Waals surface area (Å²) < 4.78 is 0. The van der Waals surface area contributed by atoms with Gasteiger partial charge in [0.25, 0.3) is 0 Å². The predicted octanol–water partition coefficient (Wildman–Crippen LogP) is 0.225. The zero-order valence-corrected chi connectivity index (χ0v) is 7.34. The summed E-state index contributed by atoms with van der Waals surface area (Å²) in [6.45, 7) is -0.133. The SMILES string of the molecule is NCC(C(=O)O)c1cc(O)ccc1O. The van der Waals surface area contributed by atoms with Gasteiger partial charge in [-0.05, 0) is 18.2 Å². The summed E-state index contributed by atoms with van der Waals surface area (Å²) in [6.07, 6.45) is 0. The maximum atomic E-state index is 10.7. The summed E-state index contributed by atoms with van der Waals surface area (Å²) >= 11 is 0. The van der Waals surface area contributed by atoms with Gasteiger partial charge >= 0.3 is 5.97 Å². The van der Waals surface area contributed by atoms with Crippen LogP contribution in [-0.4, -0.2) is 27.8 Å². The lowest BCUT2D eigenvalue weighted by Gasteiger charge is -2.11. The van der Waals surface area contributed by atoms with E-state index in [0.29, 0.717) is 0 Å². The van der Waals surface area contributed by atoms with Gasteiger partial charge in [-0.1, -0.05) is 0 Å². The molecule has 0 fully saturated rings. The summed E-state index contributed by atoms with van der Waals surface area (Å²) in [7, 11) is 0. The van der Waals surface area contributed by atoms with Crippen LogP contribution in [0.5, 0.6) is 11.5 Å². The molecule has 0 amide bonds. The maximum Gasteiger partial charge on any atom is 0.312 e. The van der Waals surface area contributed by atoms with Crippen molar-refractivity contribution in [3.63, 3.8) is 0 Å². The average molecular weight is 197 g/mol. The first kappa shape index (κ1) is 10.3. The molecule has 0 bridgehead atoms. The molecular weight excluding hydrogens is 186 g/mol. The number of aliphatic carboxylic acids is 1. The van der Waals surface area contributed by atoms with Crippen molar-refractivity contribution in [1.29, 1.82) is 0 Å². The summed E-state index contributed by atoms with van der Waals surface area (Å²) in [4.78, 5) is 10.7. The molecule has 5 nitrogen and oxygen atoms in total. The van der Waals surface area contributed by atoms with E-state index in [1.54, 1.807) is 0 Å². The number of aromatic hydroxyl groups is 2. The van der Waals surface area contributed by atoms with Gasteiger partial charge in [0.15, 0.2) is 0 Å². The van der Waals surface area contributed by atoms with Gasteiger partial charge in [-0.25, -0.2) is 0 Å². The van der Waals surface area contributed by atoms with Crippen LogP contribution in [0, 0.1) is 0 Å². The summed E-state index contributed by atoms with van der Waals surface area (Å²) in [5, 5.41) is 27.2. The Labute approximate surface area is 80.4 Å². The Morgan fingerprint density at radius 1 is 1.43 bits per heavy atom. The molecule has 5 heteroatoms. The third-order valence-electron chi connectivity index (χ3n) is 1.92. The Morgan fingerprint density at radius 3 is 2.57 bits per heavy atom. The van der Waals surface area contributed by atoms with Crippen LogP contribution in [-0.2, 0) is 4.79 Å². The van der Waals surface area contributed by atoms with Crippen molar-refractivity contribution in [2.75, 3.05) is 6.54 Å². The topological polar surface area (TPSA) is 104 Å². The lowest BCUT2D eigenvalue weighted by Crippen LogP contribution is -2.21. The van der Waals surface area contributed by atoms with Crippen LogP contribution in [0.15, 0.2) is 18.2 Å². The first-order chi connectivity index (χ1) is 6.56. The van der Waals surface area contributed by atoms with Crippen LogP contribution in [0.4, 0.5) is 0 Å². The standard InChI is InChI=1S/C9H11NO4/c10-4-7(9(13)14)6-3-5(11)1-2-8(6)12/h1-3,7,11-12H,4,10H2,(H,13,14). The van der Waals surface area contributed by atoms with Gasteiger partial charge in [0.05, 0.1) is 5.92 Å². The minimum absolute atomic E-state index is 0.0995. The monoisotopic (exact) mass is 197 g/mol. The quantitative estimate of drug-likeness (QED) is 0.519. The zero-order valence-electron chi connectivity index (χ0n) is 7.34. The number of phenolic OH excluding ortho intramolecular Hbond substituents is 2. The van der Waals surface area contributed by atoms with E-state index in [4.69, 9.17) is 15.9 Å². The molecule has 0 spiro atoms. The van der Waals surface area contributed by atoms with Gasteiger partial charge in [0.2, 0.25) is 0 Å². The second-order valence-corrected chi connectivity index (χ2v) is 2.87. The third-order valence-corrected chi connectivity index (χ3v) is 1.92. The highest BCUT2D eigenvalue weighted by Crippen LogP contribution is 2.28. The molecule has 0 aliphatic heterocycles. The molecule has 5 N–H and O–H groups in total. The van der Waals surface area contributed by atoms with Crippen molar-refractivity contribution in [2.24, 2.45) is 5.73 Å². The first-order valence-electron chi connectivity index (χ1n) is 4.01. The number of nitrogens with two attached hydrogens (primary N) is 1. The first-order valence-corrected chi connectivity index (χ1v) is 4.01. The predicted molar refractivity (Wildman–Crippen MR) is 49.2 cm³/mol. The summed E-state index contributed by atoms with van der Waals surface area (Å²) in [6, 6.07) is 3.70. The van der Waals surface area contributed by atoms with E-state index in [1.807, 2.05) is 0 Å². The van der Waals surface area contributed by atoms with E-state index in [1.165, 1.54) is 18.2 Å². The maximum absolute atomic E-state index is 10.7. The van der Waals surface area contributed by atoms with E-state index in [2.05, 4.69) is 0 Å². The van der Waals surface area contributed by atoms with Crippen LogP contribution in [0.25, 0.3) is 0 Å². The van der Waals surface area contributed by atoms with Gasteiger partial charge in [-0.2, -0.15) is 0 Å². The van der Waals surface area contributed by atoms with Gasteiger partial charge < -0.3 is 21.1 Å². The van der Waals surface area contributed by atoms with Gasteiger partial charge in [-0.15, -0.1) is 0 Å². The molecule has 1 aromatic rings. The molecule has 0 heterocycles. The highest BCUT2D eigenvalue weighted by Gasteiger charge is 2.21. The van der Waals surface area contributed by atoms with Crippen LogP contribution < -0.4 is 5.73 Å². The molecule has 14 heavy (non-hydrogen) atoms. The lowest BCUT2D eigenvalue weighted by atomic mass is 9.98. The Bertz CT molecular complexity index is 351. The van der Waals surface area contributed by atoms with Crippen LogP contribution in [0.3, 0.4) is 0 Å². The second kappa shape index (κ2) is 3.97. The number of rotatable bonds is 3. The second-order valence-electron chi connectivity index (χ2n) is 2.87. The molecule has 76 valence electrons.